The van der Waals surface area contributed by atoms with E-state index in [-0.39, 0.29) is 5.11 Å². The van der Waals surface area contributed by atoms with Crippen molar-refractivity contribution in [2.45, 2.75) is 13.8 Å². The molecule has 0 fully saturated rings. The van der Waals surface area contributed by atoms with Gasteiger partial charge in [-0.05, 0) is 43.8 Å². The van der Waals surface area contributed by atoms with Crippen LogP contribution in [0, 0.1) is 13.8 Å². The molecule has 1 aromatic heterocycles. The van der Waals surface area contributed by atoms with Crippen molar-refractivity contribution in [2.24, 2.45) is 0 Å². The molecule has 0 amide bonds. The summed E-state index contributed by atoms with van der Waals surface area (Å²) < 4.78 is 9.60. The molecular weight excluding hydrogens is 360 g/mol. The number of nitrogens with one attached hydrogen (secondary N) is 2. The Kier molecular flexibility index (Phi) is 6.11. The molecule has 0 bridgehead atoms. The van der Waals surface area contributed by atoms with Crippen LogP contribution in [0.15, 0.2) is 24.3 Å². The van der Waals surface area contributed by atoms with Crippen molar-refractivity contribution in [1.29, 1.82) is 0 Å². The van der Waals surface area contributed by atoms with Gasteiger partial charge in [-0.15, -0.1) is 11.3 Å². The van der Waals surface area contributed by atoms with E-state index in [0.717, 1.165) is 10.4 Å². The molecule has 1 aromatic carbocycles. The average molecular weight is 378 g/mol. The second-order valence-corrected chi connectivity index (χ2v) is 6.73. The highest BCUT2D eigenvalue weighted by atomic mass is 32.1. The third-order valence-electron chi connectivity index (χ3n) is 3.58. The first-order chi connectivity index (χ1) is 11.9. The van der Waals surface area contributed by atoms with Crippen LogP contribution in [0.2, 0.25) is 0 Å². The molecule has 2 rings (SSSR count). The summed E-state index contributed by atoms with van der Waals surface area (Å²) in [6.07, 6.45) is 0. The van der Waals surface area contributed by atoms with Crippen molar-refractivity contribution in [3.8, 4) is 0 Å². The Morgan fingerprint density at radius 2 is 1.68 bits per heavy atom. The molecule has 2 N–H and O–H groups in total. The van der Waals surface area contributed by atoms with Crippen molar-refractivity contribution in [3.05, 3.63) is 45.8 Å². The van der Waals surface area contributed by atoms with Crippen molar-refractivity contribution < 1.29 is 19.1 Å². The number of aryl methyl sites for hydroxylation is 1. The molecule has 0 atom stereocenters. The summed E-state index contributed by atoms with van der Waals surface area (Å²) in [6, 6.07) is 6.86. The number of hydrogen-bond acceptors (Lipinski definition) is 6. The summed E-state index contributed by atoms with van der Waals surface area (Å²) in [5, 5.41) is 6.81. The molecular formula is C17H18N2O4S2. The predicted molar refractivity (Wildman–Crippen MR) is 103 cm³/mol. The lowest BCUT2D eigenvalue weighted by atomic mass is 10.1. The van der Waals surface area contributed by atoms with E-state index in [9.17, 15) is 9.59 Å². The first-order valence-electron chi connectivity index (χ1n) is 7.32. The fraction of sp³-hybridized carbons (Fsp3) is 0.235. The van der Waals surface area contributed by atoms with Gasteiger partial charge in [-0.3, -0.25) is 0 Å². The normalized spacial score (nSPS) is 10.1. The Labute approximate surface area is 155 Å². The Morgan fingerprint density at radius 3 is 2.32 bits per heavy atom. The molecule has 25 heavy (non-hydrogen) atoms. The standard InChI is InChI=1S/C17H18N2O4S2/c1-9-10(2)25-14(13(9)16(21)23-4)19-17(24)18-12-8-6-5-7-11(12)15(20)22-3/h5-8H,1-4H3,(H2,18,19,24). The number of esters is 2. The van der Waals surface area contributed by atoms with Crippen LogP contribution in [0.4, 0.5) is 10.7 Å². The highest BCUT2D eigenvalue weighted by molar-refractivity contribution is 7.80. The number of benzene rings is 1. The van der Waals surface area contributed by atoms with E-state index in [0.29, 0.717) is 21.8 Å². The third kappa shape index (κ3) is 4.15. The summed E-state index contributed by atoms with van der Waals surface area (Å²) in [4.78, 5) is 24.8. The van der Waals surface area contributed by atoms with Gasteiger partial charge in [-0.1, -0.05) is 12.1 Å². The lowest BCUT2D eigenvalue weighted by molar-refractivity contribution is 0.0593. The molecule has 6 nitrogen and oxygen atoms in total. The SMILES string of the molecule is COC(=O)c1ccccc1NC(=S)Nc1sc(C)c(C)c1C(=O)OC. The van der Waals surface area contributed by atoms with Crippen molar-refractivity contribution >= 4 is 51.3 Å². The number of rotatable bonds is 4. The van der Waals surface area contributed by atoms with Crippen LogP contribution < -0.4 is 10.6 Å². The Morgan fingerprint density at radius 1 is 1.04 bits per heavy atom. The summed E-state index contributed by atoms with van der Waals surface area (Å²) in [5.41, 5.74) is 2.17. The number of anilines is 2. The first-order valence-corrected chi connectivity index (χ1v) is 8.55. The van der Waals surface area contributed by atoms with Crippen LogP contribution >= 0.6 is 23.6 Å². The molecule has 0 spiro atoms. The zero-order chi connectivity index (χ0) is 18.6. The fourth-order valence-electron chi connectivity index (χ4n) is 2.20. The topological polar surface area (TPSA) is 76.7 Å². The van der Waals surface area contributed by atoms with Crippen LogP contribution in [0.25, 0.3) is 0 Å². The maximum absolute atomic E-state index is 12.0. The maximum Gasteiger partial charge on any atom is 0.341 e. The summed E-state index contributed by atoms with van der Waals surface area (Å²) in [7, 11) is 2.65. The molecule has 132 valence electrons. The van der Waals surface area contributed by atoms with E-state index in [1.807, 2.05) is 13.8 Å². The van der Waals surface area contributed by atoms with E-state index in [1.165, 1.54) is 25.6 Å². The second-order valence-electron chi connectivity index (χ2n) is 5.10. The molecule has 0 aliphatic heterocycles. The number of thiocarbonyl (C=S) groups is 1. The van der Waals surface area contributed by atoms with Crippen LogP contribution in [0.5, 0.6) is 0 Å². The zero-order valence-corrected chi connectivity index (χ0v) is 15.9. The van der Waals surface area contributed by atoms with Crippen molar-refractivity contribution in [3.63, 3.8) is 0 Å². The van der Waals surface area contributed by atoms with Gasteiger partial charge in [0.1, 0.15) is 5.00 Å². The lowest BCUT2D eigenvalue weighted by Gasteiger charge is -2.13. The van der Waals surface area contributed by atoms with E-state index in [1.54, 1.807) is 24.3 Å². The van der Waals surface area contributed by atoms with Gasteiger partial charge < -0.3 is 20.1 Å². The molecule has 8 heteroatoms. The second kappa shape index (κ2) is 8.09. The largest absolute Gasteiger partial charge is 0.465 e. The van der Waals surface area contributed by atoms with Gasteiger partial charge in [0.15, 0.2) is 5.11 Å². The molecule has 0 unspecified atom stereocenters. The minimum atomic E-state index is -0.469. The van der Waals surface area contributed by atoms with Crippen LogP contribution in [-0.4, -0.2) is 31.3 Å². The first kappa shape index (κ1) is 18.9. The van der Waals surface area contributed by atoms with Gasteiger partial charge in [0.2, 0.25) is 0 Å². The number of thiophene rings is 1. The predicted octanol–water partition coefficient (Wildman–Crippen LogP) is 3.75. The highest BCUT2D eigenvalue weighted by Crippen LogP contribution is 2.33. The van der Waals surface area contributed by atoms with Crippen LogP contribution in [0.3, 0.4) is 0 Å². The zero-order valence-electron chi connectivity index (χ0n) is 14.3. The number of carbonyl (C=O) groups is 2. The molecule has 0 aliphatic rings. The third-order valence-corrected chi connectivity index (χ3v) is 4.91. The monoisotopic (exact) mass is 378 g/mol. The number of ether oxygens (including phenoxy) is 2. The fourth-order valence-corrected chi connectivity index (χ4v) is 3.53. The number of para-hydroxylation sites is 1. The molecule has 0 radical (unpaired) electrons. The van der Waals surface area contributed by atoms with E-state index in [2.05, 4.69) is 10.6 Å². The summed E-state index contributed by atoms with van der Waals surface area (Å²) >= 11 is 6.72. The minimum absolute atomic E-state index is 0.253. The van der Waals surface area contributed by atoms with Crippen LogP contribution in [0.1, 0.15) is 31.2 Å². The maximum atomic E-state index is 12.0. The Balaban J connectivity index is 2.24. The number of methoxy groups -OCH3 is 2. The molecule has 0 aliphatic carbocycles. The van der Waals surface area contributed by atoms with Gasteiger partial charge in [-0.25, -0.2) is 9.59 Å². The molecule has 0 saturated heterocycles. The molecule has 1 heterocycles. The molecule has 0 saturated carbocycles. The van der Waals surface area contributed by atoms with E-state index >= 15 is 0 Å². The van der Waals surface area contributed by atoms with E-state index < -0.39 is 11.9 Å². The van der Waals surface area contributed by atoms with Gasteiger partial charge in [0.05, 0.1) is 31.0 Å². The highest BCUT2D eigenvalue weighted by Gasteiger charge is 2.21. The quantitative estimate of drug-likeness (QED) is 0.620. The van der Waals surface area contributed by atoms with Crippen LogP contribution in [-0.2, 0) is 9.47 Å². The summed E-state index contributed by atoms with van der Waals surface area (Å²) in [5.74, 6) is -0.897. The van der Waals surface area contributed by atoms with Gasteiger partial charge in [0.25, 0.3) is 0 Å². The average Bonchev–Trinajstić information content (AvgIpc) is 2.87. The molecule has 2 aromatic rings. The van der Waals surface area contributed by atoms with Gasteiger partial charge >= 0.3 is 11.9 Å². The number of hydrogen-bond donors (Lipinski definition) is 2. The van der Waals surface area contributed by atoms with Crippen molar-refractivity contribution in [1.82, 2.24) is 0 Å². The smallest absolute Gasteiger partial charge is 0.341 e. The Bertz CT molecular complexity index is 830. The Hall–Kier alpha value is -2.45. The number of carbonyl (C=O) groups excluding carboxylic acids is 2. The summed E-state index contributed by atoms with van der Waals surface area (Å²) in [6.45, 7) is 3.77. The van der Waals surface area contributed by atoms with Gasteiger partial charge in [-0.2, -0.15) is 0 Å². The minimum Gasteiger partial charge on any atom is -0.465 e. The van der Waals surface area contributed by atoms with Gasteiger partial charge in [0, 0.05) is 4.88 Å². The van der Waals surface area contributed by atoms with E-state index in [4.69, 9.17) is 21.7 Å². The lowest BCUT2D eigenvalue weighted by Crippen LogP contribution is -2.21. The van der Waals surface area contributed by atoms with Crippen molar-refractivity contribution in [2.75, 3.05) is 24.9 Å².